The lowest BCUT2D eigenvalue weighted by Crippen LogP contribution is -2.38. The summed E-state index contributed by atoms with van der Waals surface area (Å²) < 4.78 is 26.9. The van der Waals surface area contributed by atoms with E-state index in [1.807, 2.05) is 0 Å². The lowest BCUT2D eigenvalue weighted by molar-refractivity contribution is 0.0857. The van der Waals surface area contributed by atoms with Crippen molar-refractivity contribution < 1.29 is 13.5 Å². The second-order valence-electron chi connectivity index (χ2n) is 4.96. The number of aromatic nitrogens is 1. The van der Waals surface area contributed by atoms with Crippen molar-refractivity contribution >= 4 is 20.9 Å². The maximum absolute atomic E-state index is 12.2. The van der Waals surface area contributed by atoms with Gasteiger partial charge in [0.05, 0.1) is 16.0 Å². The fourth-order valence-corrected chi connectivity index (χ4v) is 3.08. The highest BCUT2D eigenvalue weighted by Gasteiger charge is 2.21. The smallest absolute Gasteiger partial charge is 0.241 e. The largest absolute Gasteiger partial charge is 0.389 e. The zero-order valence-electron chi connectivity index (χ0n) is 10.8. The Labute approximate surface area is 112 Å². The fourth-order valence-electron chi connectivity index (χ4n) is 1.66. The number of nitrogens with zero attached hydrogens (tertiary/aromatic N) is 1. The molecule has 2 aromatic rings. The summed E-state index contributed by atoms with van der Waals surface area (Å²) in [5.41, 5.74) is -0.482. The van der Waals surface area contributed by atoms with Crippen molar-refractivity contribution in [1.29, 1.82) is 0 Å². The highest BCUT2D eigenvalue weighted by Crippen LogP contribution is 2.21. The first kappa shape index (κ1) is 13.9. The number of fused-ring (bicyclic) bond motifs is 1. The van der Waals surface area contributed by atoms with Crippen LogP contribution in [0, 0.1) is 0 Å². The summed E-state index contributed by atoms with van der Waals surface area (Å²) in [4.78, 5) is 4.29. The Balaban J connectivity index is 2.44. The average molecular weight is 280 g/mol. The molecular formula is C13H16N2O3S. The standard InChI is InChI=1S/C13H16N2O3S/c1-13(2,16)9-15-19(17,18)12-7-3-6-11-10(12)5-4-8-14-11/h3-8,15-16H,9H2,1-2H3. The van der Waals surface area contributed by atoms with Gasteiger partial charge in [-0.05, 0) is 38.1 Å². The van der Waals surface area contributed by atoms with E-state index in [4.69, 9.17) is 0 Å². The summed E-state index contributed by atoms with van der Waals surface area (Å²) in [7, 11) is -3.67. The van der Waals surface area contributed by atoms with Crippen LogP contribution in [-0.4, -0.2) is 30.7 Å². The zero-order chi connectivity index (χ0) is 14.1. The Bertz CT molecular complexity index is 685. The van der Waals surface area contributed by atoms with E-state index < -0.39 is 15.6 Å². The SMILES string of the molecule is CC(C)(O)CNS(=O)(=O)c1cccc2ncccc12. The topological polar surface area (TPSA) is 79.3 Å². The number of benzene rings is 1. The Hall–Kier alpha value is -1.50. The molecule has 2 N–H and O–H groups in total. The van der Waals surface area contributed by atoms with Gasteiger partial charge in [0.1, 0.15) is 0 Å². The Kier molecular flexibility index (Phi) is 3.58. The molecule has 0 amide bonds. The van der Waals surface area contributed by atoms with E-state index in [0.717, 1.165) is 0 Å². The average Bonchev–Trinajstić information content (AvgIpc) is 2.35. The molecule has 0 bridgehead atoms. The molecule has 1 heterocycles. The molecule has 1 aromatic carbocycles. The number of pyridine rings is 1. The summed E-state index contributed by atoms with van der Waals surface area (Å²) in [6.07, 6.45) is 1.61. The van der Waals surface area contributed by atoms with Gasteiger partial charge >= 0.3 is 0 Å². The van der Waals surface area contributed by atoms with Gasteiger partial charge in [-0.2, -0.15) is 0 Å². The van der Waals surface area contributed by atoms with Crippen LogP contribution in [0.1, 0.15) is 13.8 Å². The maximum atomic E-state index is 12.2. The number of aliphatic hydroxyl groups is 1. The summed E-state index contributed by atoms with van der Waals surface area (Å²) in [6.45, 7) is 3.03. The summed E-state index contributed by atoms with van der Waals surface area (Å²) in [5, 5.41) is 10.2. The fraction of sp³-hybridized carbons (Fsp3) is 0.308. The van der Waals surface area contributed by atoms with E-state index in [1.165, 1.54) is 6.07 Å². The minimum atomic E-state index is -3.67. The molecule has 0 unspecified atom stereocenters. The van der Waals surface area contributed by atoms with Crippen LogP contribution in [0.2, 0.25) is 0 Å². The first-order valence-electron chi connectivity index (χ1n) is 5.85. The van der Waals surface area contributed by atoms with Crippen LogP contribution in [0.25, 0.3) is 10.9 Å². The van der Waals surface area contributed by atoms with Crippen molar-refractivity contribution in [3.8, 4) is 0 Å². The monoisotopic (exact) mass is 280 g/mol. The second kappa shape index (κ2) is 4.88. The maximum Gasteiger partial charge on any atom is 0.241 e. The Morgan fingerprint density at radius 1 is 1.26 bits per heavy atom. The minimum Gasteiger partial charge on any atom is -0.389 e. The summed E-state index contributed by atoms with van der Waals surface area (Å²) >= 11 is 0. The first-order valence-corrected chi connectivity index (χ1v) is 7.34. The van der Waals surface area contributed by atoms with E-state index in [-0.39, 0.29) is 11.4 Å². The van der Waals surface area contributed by atoms with Crippen LogP contribution in [-0.2, 0) is 10.0 Å². The number of nitrogens with one attached hydrogen (secondary N) is 1. The number of rotatable bonds is 4. The molecule has 2 rings (SSSR count). The number of hydrogen-bond donors (Lipinski definition) is 2. The van der Waals surface area contributed by atoms with Crippen molar-refractivity contribution in [2.24, 2.45) is 0 Å². The predicted molar refractivity (Wildman–Crippen MR) is 73.2 cm³/mol. The predicted octanol–water partition coefficient (Wildman–Crippen LogP) is 1.28. The van der Waals surface area contributed by atoms with Gasteiger partial charge < -0.3 is 5.11 Å². The quantitative estimate of drug-likeness (QED) is 0.884. The van der Waals surface area contributed by atoms with Crippen LogP contribution in [0.15, 0.2) is 41.4 Å². The molecule has 0 radical (unpaired) electrons. The Morgan fingerprint density at radius 3 is 2.68 bits per heavy atom. The molecule has 0 saturated heterocycles. The van der Waals surface area contributed by atoms with Crippen LogP contribution in [0.3, 0.4) is 0 Å². The highest BCUT2D eigenvalue weighted by molar-refractivity contribution is 7.89. The van der Waals surface area contributed by atoms with Crippen molar-refractivity contribution in [3.63, 3.8) is 0 Å². The van der Waals surface area contributed by atoms with Crippen LogP contribution in [0.4, 0.5) is 0 Å². The molecule has 0 saturated carbocycles. The van der Waals surface area contributed by atoms with Crippen LogP contribution >= 0.6 is 0 Å². The van der Waals surface area contributed by atoms with Crippen LogP contribution in [0.5, 0.6) is 0 Å². The highest BCUT2D eigenvalue weighted by atomic mass is 32.2. The van der Waals surface area contributed by atoms with E-state index in [2.05, 4.69) is 9.71 Å². The summed E-state index contributed by atoms with van der Waals surface area (Å²) in [5.74, 6) is 0. The summed E-state index contributed by atoms with van der Waals surface area (Å²) in [6, 6.07) is 8.33. The molecule has 19 heavy (non-hydrogen) atoms. The third-order valence-corrected chi connectivity index (χ3v) is 4.05. The first-order chi connectivity index (χ1) is 8.80. The third-order valence-electron chi connectivity index (χ3n) is 2.59. The lowest BCUT2D eigenvalue weighted by Gasteiger charge is -2.18. The van der Waals surface area contributed by atoms with Crippen molar-refractivity contribution in [2.75, 3.05) is 6.54 Å². The van der Waals surface area contributed by atoms with E-state index in [1.54, 1.807) is 44.3 Å². The van der Waals surface area contributed by atoms with Gasteiger partial charge in [0, 0.05) is 18.1 Å². The van der Waals surface area contributed by atoms with E-state index >= 15 is 0 Å². The van der Waals surface area contributed by atoms with Crippen molar-refractivity contribution in [2.45, 2.75) is 24.3 Å². The van der Waals surface area contributed by atoms with Gasteiger partial charge in [0.15, 0.2) is 0 Å². The van der Waals surface area contributed by atoms with Crippen molar-refractivity contribution in [1.82, 2.24) is 9.71 Å². The molecule has 0 spiro atoms. The molecule has 0 atom stereocenters. The van der Waals surface area contributed by atoms with Gasteiger partial charge in [-0.25, -0.2) is 13.1 Å². The lowest BCUT2D eigenvalue weighted by atomic mass is 10.1. The van der Waals surface area contributed by atoms with Gasteiger partial charge in [-0.3, -0.25) is 4.98 Å². The van der Waals surface area contributed by atoms with Gasteiger partial charge in [-0.15, -0.1) is 0 Å². The Morgan fingerprint density at radius 2 is 2.00 bits per heavy atom. The van der Waals surface area contributed by atoms with Gasteiger partial charge in [-0.1, -0.05) is 6.07 Å². The number of hydrogen-bond acceptors (Lipinski definition) is 4. The molecule has 6 heteroatoms. The molecule has 0 aliphatic heterocycles. The van der Waals surface area contributed by atoms with E-state index in [9.17, 15) is 13.5 Å². The molecule has 0 fully saturated rings. The van der Waals surface area contributed by atoms with Gasteiger partial charge in [0.25, 0.3) is 0 Å². The molecule has 0 aliphatic carbocycles. The second-order valence-corrected chi connectivity index (χ2v) is 6.70. The molecule has 0 aliphatic rings. The number of sulfonamides is 1. The molecule has 1 aromatic heterocycles. The van der Waals surface area contributed by atoms with Crippen LogP contribution < -0.4 is 4.72 Å². The molecular weight excluding hydrogens is 264 g/mol. The minimum absolute atomic E-state index is 0.0496. The molecule has 102 valence electrons. The molecule has 5 nitrogen and oxygen atoms in total. The van der Waals surface area contributed by atoms with Crippen molar-refractivity contribution in [3.05, 3.63) is 36.5 Å². The zero-order valence-corrected chi connectivity index (χ0v) is 11.6. The normalized spacial score (nSPS) is 12.8. The van der Waals surface area contributed by atoms with E-state index in [0.29, 0.717) is 10.9 Å². The van der Waals surface area contributed by atoms with Gasteiger partial charge in [0.2, 0.25) is 10.0 Å². The third kappa shape index (κ3) is 3.28.